The van der Waals surface area contributed by atoms with Gasteiger partial charge in [0, 0.05) is 18.5 Å². The summed E-state index contributed by atoms with van der Waals surface area (Å²) < 4.78 is 5.84. The van der Waals surface area contributed by atoms with Crippen molar-refractivity contribution < 1.29 is 14.6 Å². The Balaban J connectivity index is 1.84. The molecule has 2 fully saturated rings. The summed E-state index contributed by atoms with van der Waals surface area (Å²) in [6, 6.07) is 7.54. The number of hydrogen-bond acceptors (Lipinski definition) is 5. The molecule has 0 spiro atoms. The standard InChI is InChI=1S/C15H15N3O3/c19-15(20)13-16-12-4-2-1-3-11(12)14(17-13)18-7-9-5-6-10(8-18)21-9/h1-4,9-10H,5-8H2,(H,19,20). The Morgan fingerprint density at radius 1 is 1.19 bits per heavy atom. The van der Waals surface area contributed by atoms with Crippen LogP contribution in [0.2, 0.25) is 0 Å². The quantitative estimate of drug-likeness (QED) is 0.905. The van der Waals surface area contributed by atoms with Gasteiger partial charge in [-0.05, 0) is 25.0 Å². The van der Waals surface area contributed by atoms with Crippen molar-refractivity contribution in [3.8, 4) is 0 Å². The van der Waals surface area contributed by atoms with Crippen LogP contribution in [0.4, 0.5) is 5.82 Å². The molecule has 2 unspecified atom stereocenters. The third kappa shape index (κ3) is 2.12. The first kappa shape index (κ1) is 12.5. The van der Waals surface area contributed by atoms with Crippen LogP contribution < -0.4 is 4.90 Å². The number of fused-ring (bicyclic) bond motifs is 3. The lowest BCUT2D eigenvalue weighted by molar-refractivity contribution is 0.0303. The highest BCUT2D eigenvalue weighted by molar-refractivity contribution is 5.93. The van der Waals surface area contributed by atoms with Gasteiger partial charge in [-0.25, -0.2) is 14.8 Å². The number of hydrogen-bond donors (Lipinski definition) is 1. The van der Waals surface area contributed by atoms with Crippen molar-refractivity contribution in [3.63, 3.8) is 0 Å². The van der Waals surface area contributed by atoms with E-state index in [0.29, 0.717) is 11.3 Å². The molecule has 1 aromatic carbocycles. The SMILES string of the molecule is O=C(O)c1nc(N2CC3CCC(C2)O3)c2ccccc2n1. The van der Waals surface area contributed by atoms with E-state index in [2.05, 4.69) is 14.9 Å². The normalized spacial score (nSPS) is 24.5. The fraction of sp³-hybridized carbons (Fsp3) is 0.400. The molecule has 1 aromatic heterocycles. The second-order valence-corrected chi connectivity index (χ2v) is 5.56. The van der Waals surface area contributed by atoms with E-state index in [1.807, 2.05) is 24.3 Å². The van der Waals surface area contributed by atoms with Gasteiger partial charge in [0.25, 0.3) is 0 Å². The second kappa shape index (κ2) is 4.66. The molecule has 2 aliphatic rings. The third-order valence-corrected chi connectivity index (χ3v) is 4.12. The van der Waals surface area contributed by atoms with Crippen LogP contribution in [0.5, 0.6) is 0 Å². The Kier molecular flexibility index (Phi) is 2.78. The minimum Gasteiger partial charge on any atom is -0.475 e. The maximum atomic E-state index is 11.3. The first-order valence-corrected chi connectivity index (χ1v) is 7.11. The van der Waals surface area contributed by atoms with Crippen molar-refractivity contribution in [1.29, 1.82) is 0 Å². The molecular weight excluding hydrogens is 270 g/mol. The number of aromatic nitrogens is 2. The first-order chi connectivity index (χ1) is 10.2. The highest BCUT2D eigenvalue weighted by Crippen LogP contribution is 2.32. The number of nitrogens with zero attached hydrogens (tertiary/aromatic N) is 3. The van der Waals surface area contributed by atoms with Gasteiger partial charge in [0.15, 0.2) is 0 Å². The lowest BCUT2D eigenvalue weighted by Gasteiger charge is -2.33. The molecule has 2 atom stereocenters. The van der Waals surface area contributed by atoms with E-state index < -0.39 is 5.97 Å². The molecule has 2 aliphatic heterocycles. The topological polar surface area (TPSA) is 75.5 Å². The minimum absolute atomic E-state index is 0.150. The molecule has 0 saturated carbocycles. The summed E-state index contributed by atoms with van der Waals surface area (Å²) in [5.41, 5.74) is 0.665. The molecule has 4 rings (SSSR count). The molecule has 6 nitrogen and oxygen atoms in total. The molecule has 2 bridgehead atoms. The number of carboxylic acids is 1. The second-order valence-electron chi connectivity index (χ2n) is 5.56. The lowest BCUT2D eigenvalue weighted by atomic mass is 10.2. The van der Waals surface area contributed by atoms with Crippen molar-refractivity contribution in [2.45, 2.75) is 25.0 Å². The van der Waals surface area contributed by atoms with Crippen molar-refractivity contribution in [1.82, 2.24) is 9.97 Å². The highest BCUT2D eigenvalue weighted by Gasteiger charge is 2.35. The first-order valence-electron chi connectivity index (χ1n) is 7.11. The number of para-hydroxylation sites is 1. The average molecular weight is 285 g/mol. The third-order valence-electron chi connectivity index (χ3n) is 4.12. The van der Waals surface area contributed by atoms with E-state index >= 15 is 0 Å². The van der Waals surface area contributed by atoms with Crippen LogP contribution in [0.15, 0.2) is 24.3 Å². The zero-order valence-corrected chi connectivity index (χ0v) is 11.4. The van der Waals surface area contributed by atoms with Crippen LogP contribution in [0.1, 0.15) is 23.5 Å². The Labute approximate surface area is 121 Å². The predicted molar refractivity (Wildman–Crippen MR) is 76.6 cm³/mol. The van der Waals surface area contributed by atoms with Gasteiger partial charge in [0.1, 0.15) is 5.82 Å². The van der Waals surface area contributed by atoms with Gasteiger partial charge in [0.2, 0.25) is 5.82 Å². The number of carboxylic acid groups (broad SMARTS) is 1. The maximum absolute atomic E-state index is 11.3. The largest absolute Gasteiger partial charge is 0.475 e. The van der Waals surface area contributed by atoms with Gasteiger partial charge < -0.3 is 14.7 Å². The summed E-state index contributed by atoms with van der Waals surface area (Å²) in [6.45, 7) is 1.52. The lowest BCUT2D eigenvalue weighted by Crippen LogP contribution is -2.43. The fourth-order valence-corrected chi connectivity index (χ4v) is 3.18. The summed E-state index contributed by atoms with van der Waals surface area (Å²) in [5, 5.41) is 10.1. The van der Waals surface area contributed by atoms with Gasteiger partial charge in [-0.15, -0.1) is 0 Å². The summed E-state index contributed by atoms with van der Waals surface area (Å²) in [7, 11) is 0. The predicted octanol–water partition coefficient (Wildman–Crippen LogP) is 1.70. The van der Waals surface area contributed by atoms with Crippen LogP contribution in [0.25, 0.3) is 10.9 Å². The summed E-state index contributed by atoms with van der Waals surface area (Å²) >= 11 is 0. The van der Waals surface area contributed by atoms with Crippen molar-refractivity contribution in [2.24, 2.45) is 0 Å². The van der Waals surface area contributed by atoms with Crippen LogP contribution >= 0.6 is 0 Å². The van der Waals surface area contributed by atoms with Gasteiger partial charge in [0.05, 0.1) is 17.7 Å². The Bertz CT molecular complexity index is 706. The number of morpholine rings is 1. The average Bonchev–Trinajstić information content (AvgIpc) is 2.84. The smallest absolute Gasteiger partial charge is 0.374 e. The zero-order valence-electron chi connectivity index (χ0n) is 11.4. The van der Waals surface area contributed by atoms with Crippen LogP contribution in [-0.4, -0.2) is 46.3 Å². The molecule has 6 heteroatoms. The number of carbonyl (C=O) groups is 1. The van der Waals surface area contributed by atoms with E-state index in [0.717, 1.165) is 31.3 Å². The van der Waals surface area contributed by atoms with E-state index in [1.165, 1.54) is 0 Å². The van der Waals surface area contributed by atoms with Crippen LogP contribution in [0.3, 0.4) is 0 Å². The molecule has 0 amide bonds. The van der Waals surface area contributed by atoms with Gasteiger partial charge in [-0.1, -0.05) is 12.1 Å². The fourth-order valence-electron chi connectivity index (χ4n) is 3.18. The summed E-state index contributed by atoms with van der Waals surface area (Å²) in [6.07, 6.45) is 2.59. The molecule has 3 heterocycles. The minimum atomic E-state index is -1.10. The van der Waals surface area contributed by atoms with Crippen LogP contribution in [0, 0.1) is 0 Å². The zero-order chi connectivity index (χ0) is 14.4. The van der Waals surface area contributed by atoms with E-state index in [1.54, 1.807) is 0 Å². The Hall–Kier alpha value is -2.21. The summed E-state index contributed by atoms with van der Waals surface area (Å²) in [4.78, 5) is 21.8. The number of ether oxygens (including phenoxy) is 1. The van der Waals surface area contributed by atoms with Gasteiger partial charge in [-0.2, -0.15) is 0 Å². The van der Waals surface area contributed by atoms with E-state index in [-0.39, 0.29) is 18.0 Å². The van der Waals surface area contributed by atoms with Gasteiger partial charge in [-0.3, -0.25) is 0 Å². The van der Waals surface area contributed by atoms with Crippen LogP contribution in [-0.2, 0) is 4.74 Å². The number of rotatable bonds is 2. The molecule has 21 heavy (non-hydrogen) atoms. The van der Waals surface area contributed by atoms with Crippen molar-refractivity contribution in [3.05, 3.63) is 30.1 Å². The Morgan fingerprint density at radius 3 is 2.62 bits per heavy atom. The number of benzene rings is 1. The molecule has 2 aromatic rings. The van der Waals surface area contributed by atoms with Crippen molar-refractivity contribution in [2.75, 3.05) is 18.0 Å². The molecular formula is C15H15N3O3. The highest BCUT2D eigenvalue weighted by atomic mass is 16.5. The number of anilines is 1. The van der Waals surface area contributed by atoms with E-state index in [4.69, 9.17) is 4.74 Å². The van der Waals surface area contributed by atoms with Crippen molar-refractivity contribution >= 4 is 22.7 Å². The molecule has 2 saturated heterocycles. The maximum Gasteiger partial charge on any atom is 0.374 e. The molecule has 1 N–H and O–H groups in total. The molecule has 0 radical (unpaired) electrons. The van der Waals surface area contributed by atoms with E-state index in [9.17, 15) is 9.90 Å². The Morgan fingerprint density at radius 2 is 1.90 bits per heavy atom. The molecule has 0 aliphatic carbocycles. The summed E-state index contributed by atoms with van der Waals surface area (Å²) in [5.74, 6) is -0.543. The van der Waals surface area contributed by atoms with Gasteiger partial charge >= 0.3 is 5.97 Å². The molecule has 108 valence electrons. The monoisotopic (exact) mass is 285 g/mol. The number of aromatic carboxylic acids is 1.